The molecule has 0 saturated heterocycles. The van der Waals surface area contributed by atoms with Crippen LogP contribution in [0.1, 0.15) is 17.4 Å². The number of anilines is 2. The van der Waals surface area contributed by atoms with Crippen LogP contribution in [0, 0.1) is 0 Å². The van der Waals surface area contributed by atoms with E-state index in [0.717, 1.165) is 33.5 Å². The fraction of sp³-hybridized carbons (Fsp3) is 0.0400. The van der Waals surface area contributed by atoms with Gasteiger partial charge < -0.3 is 15.6 Å². The molecule has 5 rings (SSSR count). The highest BCUT2D eigenvalue weighted by molar-refractivity contribution is 7.14. The van der Waals surface area contributed by atoms with Gasteiger partial charge >= 0.3 is 0 Å². The van der Waals surface area contributed by atoms with E-state index < -0.39 is 0 Å². The maximum absolute atomic E-state index is 12.4. The number of para-hydroxylation sites is 2. The molecule has 7 nitrogen and oxygen atoms in total. The molecule has 0 spiro atoms. The van der Waals surface area contributed by atoms with Crippen LogP contribution in [0.3, 0.4) is 0 Å². The second-order valence-electron chi connectivity index (χ2n) is 7.43. The van der Waals surface area contributed by atoms with E-state index in [0.29, 0.717) is 10.8 Å². The Balaban J connectivity index is 1.27. The number of carbonyl (C=O) groups is 2. The van der Waals surface area contributed by atoms with E-state index in [4.69, 9.17) is 0 Å². The first-order chi connectivity index (χ1) is 16.0. The number of aromatic nitrogens is 3. The Hall–Kier alpha value is -4.30. The summed E-state index contributed by atoms with van der Waals surface area (Å²) in [5.41, 5.74) is 5.99. The number of nitrogens with zero attached hydrogens (tertiary/aromatic N) is 2. The van der Waals surface area contributed by atoms with Gasteiger partial charge in [-0.3, -0.25) is 9.59 Å². The van der Waals surface area contributed by atoms with Crippen molar-refractivity contribution in [1.29, 1.82) is 0 Å². The fourth-order valence-electron chi connectivity index (χ4n) is 3.44. The minimum atomic E-state index is -0.328. The van der Waals surface area contributed by atoms with Crippen LogP contribution < -0.4 is 10.6 Å². The Morgan fingerprint density at radius 2 is 1.48 bits per heavy atom. The van der Waals surface area contributed by atoms with E-state index in [-0.39, 0.29) is 17.5 Å². The molecule has 0 saturated carbocycles. The largest absolute Gasteiger partial charge is 0.338 e. The Morgan fingerprint density at radius 3 is 2.18 bits per heavy atom. The molecule has 3 N–H and O–H groups in total. The lowest BCUT2D eigenvalue weighted by Crippen LogP contribution is -2.13. The average molecular weight is 454 g/mol. The second-order valence-corrected chi connectivity index (χ2v) is 8.29. The van der Waals surface area contributed by atoms with Gasteiger partial charge in [0.05, 0.1) is 11.0 Å². The summed E-state index contributed by atoms with van der Waals surface area (Å²) in [4.78, 5) is 35.6. The Morgan fingerprint density at radius 1 is 0.818 bits per heavy atom. The number of nitrogens with one attached hydrogen (secondary N) is 3. The molecule has 0 fully saturated rings. The first kappa shape index (κ1) is 20.6. The first-order valence-corrected chi connectivity index (χ1v) is 11.1. The number of H-pyrrole nitrogens is 1. The van der Waals surface area contributed by atoms with Crippen LogP contribution in [0.15, 0.2) is 78.2 Å². The van der Waals surface area contributed by atoms with Crippen LogP contribution in [0.25, 0.3) is 33.5 Å². The predicted molar refractivity (Wildman–Crippen MR) is 131 cm³/mol. The number of benzene rings is 3. The molecule has 162 valence electrons. The van der Waals surface area contributed by atoms with Crippen molar-refractivity contribution in [3.8, 4) is 22.5 Å². The first-order valence-electron chi connectivity index (χ1n) is 10.3. The third-order valence-electron chi connectivity index (χ3n) is 5.04. The number of hydrogen-bond acceptors (Lipinski definition) is 5. The molecule has 0 bridgehead atoms. The number of imidazole rings is 1. The van der Waals surface area contributed by atoms with Crippen molar-refractivity contribution in [1.82, 2.24) is 15.0 Å². The van der Waals surface area contributed by atoms with Gasteiger partial charge in [0.2, 0.25) is 5.91 Å². The normalized spacial score (nSPS) is 10.8. The van der Waals surface area contributed by atoms with Crippen molar-refractivity contribution in [3.63, 3.8) is 0 Å². The van der Waals surface area contributed by atoms with Gasteiger partial charge in [-0.2, -0.15) is 0 Å². The van der Waals surface area contributed by atoms with Gasteiger partial charge in [0, 0.05) is 23.6 Å². The monoisotopic (exact) mass is 453 g/mol. The van der Waals surface area contributed by atoms with E-state index >= 15 is 0 Å². The summed E-state index contributed by atoms with van der Waals surface area (Å²) < 4.78 is 0. The number of aromatic amines is 1. The lowest BCUT2D eigenvalue weighted by molar-refractivity contribution is -0.114. The van der Waals surface area contributed by atoms with Crippen molar-refractivity contribution < 1.29 is 9.59 Å². The van der Waals surface area contributed by atoms with Crippen molar-refractivity contribution in [2.45, 2.75) is 6.92 Å². The molecule has 0 aliphatic heterocycles. The second kappa shape index (κ2) is 8.68. The van der Waals surface area contributed by atoms with Gasteiger partial charge in [-0.15, -0.1) is 11.3 Å². The van der Waals surface area contributed by atoms with E-state index in [1.54, 1.807) is 5.38 Å². The molecule has 8 heteroatoms. The highest BCUT2D eigenvalue weighted by Crippen LogP contribution is 2.26. The van der Waals surface area contributed by atoms with E-state index in [2.05, 4.69) is 37.7 Å². The molecule has 0 atom stereocenters. The summed E-state index contributed by atoms with van der Waals surface area (Å²) in [5.74, 6) is 0.285. The van der Waals surface area contributed by atoms with Crippen LogP contribution in [0.4, 0.5) is 10.8 Å². The zero-order valence-corrected chi connectivity index (χ0v) is 18.4. The quantitative estimate of drug-likeness (QED) is 0.324. The van der Waals surface area contributed by atoms with Gasteiger partial charge in [0.1, 0.15) is 11.5 Å². The van der Waals surface area contributed by atoms with Crippen LogP contribution >= 0.6 is 11.3 Å². The number of fused-ring (bicyclic) bond motifs is 1. The van der Waals surface area contributed by atoms with Crippen molar-refractivity contribution >= 4 is 45.0 Å². The summed E-state index contributed by atoms with van der Waals surface area (Å²) >= 11 is 1.21. The van der Waals surface area contributed by atoms with Gasteiger partial charge in [-0.25, -0.2) is 9.97 Å². The highest BCUT2D eigenvalue weighted by Gasteiger charge is 2.12. The molecular weight excluding hydrogens is 434 g/mol. The topological polar surface area (TPSA) is 99.8 Å². The van der Waals surface area contributed by atoms with E-state index in [1.165, 1.54) is 18.3 Å². The number of thiazole rings is 1. The molecule has 0 aliphatic rings. The number of amides is 2. The molecule has 3 aromatic carbocycles. The predicted octanol–water partition coefficient (Wildman–Crippen LogP) is 5.56. The number of carbonyl (C=O) groups excluding carboxylic acids is 2. The molecule has 5 aromatic rings. The molecule has 0 aliphatic carbocycles. The molecular formula is C25H19N5O2S. The molecule has 33 heavy (non-hydrogen) atoms. The van der Waals surface area contributed by atoms with Gasteiger partial charge in [0.15, 0.2) is 5.13 Å². The minimum absolute atomic E-state index is 0.225. The zero-order valence-electron chi connectivity index (χ0n) is 17.6. The average Bonchev–Trinajstić information content (AvgIpc) is 3.46. The van der Waals surface area contributed by atoms with Gasteiger partial charge in [-0.05, 0) is 35.4 Å². The third-order valence-corrected chi connectivity index (χ3v) is 5.80. The Kier molecular flexibility index (Phi) is 5.42. The summed E-state index contributed by atoms with van der Waals surface area (Å²) in [6, 6.07) is 23.7. The molecule has 2 aromatic heterocycles. The third kappa shape index (κ3) is 4.51. The zero-order chi connectivity index (χ0) is 22.8. The molecule has 0 unspecified atom stereocenters. The maximum atomic E-state index is 12.4. The smallest absolute Gasteiger partial charge is 0.275 e. The minimum Gasteiger partial charge on any atom is -0.338 e. The number of hydrogen-bond donors (Lipinski definition) is 3. The lowest BCUT2D eigenvalue weighted by Gasteiger charge is -2.06. The summed E-state index contributed by atoms with van der Waals surface area (Å²) in [6.07, 6.45) is 0. The van der Waals surface area contributed by atoms with Crippen molar-refractivity contribution in [2.24, 2.45) is 0 Å². The van der Waals surface area contributed by atoms with E-state index in [9.17, 15) is 9.59 Å². The SMILES string of the molecule is CC(=O)Nc1nc(C(=O)Nc2ccc(-c3ccc(-c4nc5ccccc5[nH]4)cc3)cc2)cs1. The Bertz CT molecular complexity index is 1420. The van der Waals surface area contributed by atoms with Crippen LogP contribution in [0.2, 0.25) is 0 Å². The van der Waals surface area contributed by atoms with Crippen LogP contribution in [-0.4, -0.2) is 26.8 Å². The summed E-state index contributed by atoms with van der Waals surface area (Å²) in [6.45, 7) is 1.40. The molecule has 0 radical (unpaired) electrons. The standard InChI is InChI=1S/C25H19N5O2S/c1-15(31)26-25-30-22(14-33-25)24(32)27-19-12-10-17(11-13-19)16-6-8-18(9-7-16)23-28-20-4-2-3-5-21(20)29-23/h2-14H,1H3,(H,27,32)(H,28,29)(H,26,30,31). The fourth-order valence-corrected chi connectivity index (χ4v) is 4.17. The molecule has 2 heterocycles. The molecule has 2 amide bonds. The van der Waals surface area contributed by atoms with Crippen LogP contribution in [0.5, 0.6) is 0 Å². The van der Waals surface area contributed by atoms with E-state index in [1.807, 2.05) is 60.7 Å². The Labute approximate surface area is 193 Å². The van der Waals surface area contributed by atoms with Crippen LogP contribution in [-0.2, 0) is 4.79 Å². The van der Waals surface area contributed by atoms with Crippen molar-refractivity contribution in [2.75, 3.05) is 10.6 Å². The number of rotatable bonds is 5. The summed E-state index contributed by atoms with van der Waals surface area (Å²) in [5, 5.41) is 7.41. The highest BCUT2D eigenvalue weighted by atomic mass is 32.1. The van der Waals surface area contributed by atoms with Gasteiger partial charge in [-0.1, -0.05) is 48.5 Å². The summed E-state index contributed by atoms with van der Waals surface area (Å²) in [7, 11) is 0. The maximum Gasteiger partial charge on any atom is 0.275 e. The lowest BCUT2D eigenvalue weighted by atomic mass is 10.0. The van der Waals surface area contributed by atoms with Crippen molar-refractivity contribution in [3.05, 3.63) is 83.9 Å². The van der Waals surface area contributed by atoms with Gasteiger partial charge in [0.25, 0.3) is 5.91 Å².